The first kappa shape index (κ1) is 29.5. The fourth-order valence-corrected chi connectivity index (χ4v) is 1.67. The minimum Gasteiger partial charge on any atom is -0.541 e. The molecule has 2 radical (unpaired) electrons. The van der Waals surface area contributed by atoms with Gasteiger partial charge < -0.3 is 58.3 Å². The van der Waals surface area contributed by atoms with E-state index in [1.807, 2.05) is 0 Å². The second kappa shape index (κ2) is 13.2. The predicted octanol–water partition coefficient (Wildman–Crippen LogP) is -4.25. The standard InChI is InChI=1S/3C6H4O5.Bi/c3*7-3-1-2-11-5(4(3)8)6(9)10;/h3*1-2,8H,(H,9,10);/q;;;+3/p-3. The molecule has 0 fully saturated rings. The van der Waals surface area contributed by atoms with Gasteiger partial charge in [-0.3, -0.25) is 14.4 Å². The Morgan fingerprint density at radius 1 is 0.559 bits per heavy atom. The fourth-order valence-electron chi connectivity index (χ4n) is 1.67. The Morgan fingerprint density at radius 3 is 0.912 bits per heavy atom. The Kier molecular flexibility index (Phi) is 11.4. The molecule has 3 aromatic heterocycles. The number of carbonyl (C=O) groups excluding carboxylic acids is 3. The fraction of sp³-hybridized carbons (Fsp3) is 0. The molecule has 3 aromatic rings. The van der Waals surface area contributed by atoms with Gasteiger partial charge >= 0.3 is 26.2 Å². The van der Waals surface area contributed by atoms with Gasteiger partial charge in [0.1, 0.15) is 17.9 Å². The smallest absolute Gasteiger partial charge is 0.541 e. The molecule has 0 bridgehead atoms. The summed E-state index contributed by atoms with van der Waals surface area (Å²) in [7, 11) is 0. The molecule has 0 saturated carbocycles. The van der Waals surface area contributed by atoms with Crippen molar-refractivity contribution in [2.75, 3.05) is 0 Å². The molecule has 0 unspecified atom stereocenters. The average molecular weight is 674 g/mol. The van der Waals surface area contributed by atoms with Crippen LogP contribution in [0.15, 0.2) is 64.6 Å². The Hall–Kier alpha value is -4.46. The van der Waals surface area contributed by atoms with E-state index in [1.54, 1.807) is 0 Å². The summed E-state index contributed by atoms with van der Waals surface area (Å²) in [6.07, 6.45) is 2.60. The number of aromatic carboxylic acids is 3. The van der Waals surface area contributed by atoms with Crippen LogP contribution in [-0.4, -0.2) is 59.4 Å². The first-order valence-corrected chi connectivity index (χ1v) is 7.94. The van der Waals surface area contributed by atoms with Crippen LogP contribution < -0.4 is 31.6 Å². The molecule has 0 atom stereocenters. The summed E-state index contributed by atoms with van der Waals surface area (Å²) in [6.45, 7) is 0. The van der Waals surface area contributed by atoms with Crippen LogP contribution in [0.25, 0.3) is 0 Å². The zero-order valence-corrected chi connectivity index (χ0v) is 19.6. The molecule has 0 aliphatic carbocycles. The molecule has 3 heterocycles. The summed E-state index contributed by atoms with van der Waals surface area (Å²) in [6, 6.07) is 2.71. The van der Waals surface area contributed by atoms with E-state index in [0.717, 1.165) is 37.0 Å². The molecule has 0 saturated heterocycles. The minimum atomic E-state index is -1.72. The van der Waals surface area contributed by atoms with Crippen LogP contribution in [-0.2, 0) is 0 Å². The number of carbonyl (C=O) groups is 3. The molecule has 0 amide bonds. The van der Waals surface area contributed by atoms with Gasteiger partial charge in [-0.1, -0.05) is 0 Å². The predicted molar refractivity (Wildman–Crippen MR) is 98.7 cm³/mol. The maximum atomic E-state index is 10.5. The zero-order valence-electron chi connectivity index (χ0n) is 16.2. The zero-order chi connectivity index (χ0) is 25.3. The Labute approximate surface area is 204 Å². The van der Waals surface area contributed by atoms with Crippen LogP contribution in [0.5, 0.6) is 17.2 Å². The maximum absolute atomic E-state index is 10.5. The molecule has 0 aromatic carbocycles. The van der Waals surface area contributed by atoms with Gasteiger partial charge in [-0.25, -0.2) is 0 Å². The van der Waals surface area contributed by atoms with Crippen molar-refractivity contribution in [2.45, 2.75) is 0 Å². The Morgan fingerprint density at radius 2 is 0.765 bits per heavy atom. The van der Waals surface area contributed by atoms with E-state index < -0.39 is 68.7 Å². The van der Waals surface area contributed by atoms with Gasteiger partial charge in [0.25, 0.3) is 0 Å². The Bertz CT molecular complexity index is 1180. The summed E-state index contributed by atoms with van der Waals surface area (Å²) >= 11 is 0. The van der Waals surface area contributed by atoms with E-state index in [4.69, 9.17) is 15.3 Å². The molecule has 34 heavy (non-hydrogen) atoms. The molecule has 0 aliphatic rings. The van der Waals surface area contributed by atoms with Crippen molar-refractivity contribution in [3.05, 3.63) is 84.9 Å². The SMILES string of the molecule is O=C([O-])c1occc(=O)c1O.O=C([O-])c1occc(=O)c1O.O=C([O-])c1occc(=O)c1O.[Bi+3]. The molecule has 16 heteroatoms. The van der Waals surface area contributed by atoms with Crippen molar-refractivity contribution in [2.24, 2.45) is 0 Å². The van der Waals surface area contributed by atoms with Crippen molar-refractivity contribution in [3.63, 3.8) is 0 Å². The van der Waals surface area contributed by atoms with Crippen molar-refractivity contribution >= 4 is 44.1 Å². The molecule has 0 spiro atoms. The second-order valence-corrected chi connectivity index (χ2v) is 5.25. The van der Waals surface area contributed by atoms with Gasteiger partial charge in [0.2, 0.25) is 33.5 Å². The van der Waals surface area contributed by atoms with Crippen LogP contribution in [0.3, 0.4) is 0 Å². The van der Waals surface area contributed by atoms with E-state index in [2.05, 4.69) is 13.3 Å². The van der Waals surface area contributed by atoms with Gasteiger partial charge in [-0.05, 0) is 0 Å². The van der Waals surface area contributed by atoms with Gasteiger partial charge in [-0.2, -0.15) is 0 Å². The van der Waals surface area contributed by atoms with Gasteiger partial charge in [0, 0.05) is 18.2 Å². The van der Waals surface area contributed by atoms with E-state index in [9.17, 15) is 44.1 Å². The van der Waals surface area contributed by atoms with Crippen molar-refractivity contribution < 1.29 is 58.3 Å². The third-order valence-electron chi connectivity index (χ3n) is 3.12. The van der Waals surface area contributed by atoms with E-state index >= 15 is 0 Å². The minimum absolute atomic E-state index is 0. The monoisotopic (exact) mass is 674 g/mol. The normalized spacial score (nSPS) is 9.18. The summed E-state index contributed by atoms with van der Waals surface area (Å²) < 4.78 is 12.9. The summed E-state index contributed by atoms with van der Waals surface area (Å²) in [5.74, 6) is -10.5. The first-order chi connectivity index (χ1) is 15.4. The number of rotatable bonds is 3. The third kappa shape index (κ3) is 7.91. The Balaban J connectivity index is 0.000000473. The van der Waals surface area contributed by atoms with Gasteiger partial charge in [0.05, 0.1) is 18.8 Å². The van der Waals surface area contributed by atoms with Crippen LogP contribution in [0, 0.1) is 0 Å². The van der Waals surface area contributed by atoms with E-state index in [-0.39, 0.29) is 26.2 Å². The van der Waals surface area contributed by atoms with E-state index in [0.29, 0.717) is 0 Å². The van der Waals surface area contributed by atoms with Crippen LogP contribution in [0.2, 0.25) is 0 Å². The molecular weight excluding hydrogens is 665 g/mol. The number of carboxylic acids is 3. The number of hydrogen-bond donors (Lipinski definition) is 3. The molecule has 3 N–H and O–H groups in total. The van der Waals surface area contributed by atoms with Crippen LogP contribution >= 0.6 is 0 Å². The van der Waals surface area contributed by atoms with Crippen molar-refractivity contribution in [3.8, 4) is 17.2 Å². The summed E-state index contributed by atoms with van der Waals surface area (Å²) in [5.41, 5.74) is -2.43. The third-order valence-corrected chi connectivity index (χ3v) is 3.12. The summed E-state index contributed by atoms with van der Waals surface area (Å²) in [4.78, 5) is 61.8. The van der Waals surface area contributed by atoms with Crippen molar-refractivity contribution in [1.29, 1.82) is 0 Å². The molecule has 3 rings (SSSR count). The van der Waals surface area contributed by atoms with Crippen LogP contribution in [0.4, 0.5) is 0 Å². The molecular formula is C18H9BiO15. The first-order valence-electron chi connectivity index (χ1n) is 7.94. The molecule has 0 aliphatic heterocycles. The number of aromatic hydroxyl groups is 3. The second-order valence-electron chi connectivity index (χ2n) is 5.25. The largest absolute Gasteiger partial charge is 3.00 e. The molecule has 15 nitrogen and oxygen atoms in total. The summed E-state index contributed by atoms with van der Waals surface area (Å²) in [5, 5.41) is 56.4. The van der Waals surface area contributed by atoms with Crippen LogP contribution in [0.1, 0.15) is 31.7 Å². The quantitative estimate of drug-likeness (QED) is 0.222. The number of hydrogen-bond acceptors (Lipinski definition) is 15. The maximum Gasteiger partial charge on any atom is 3.00 e. The number of carboxylic acid groups (broad SMARTS) is 3. The van der Waals surface area contributed by atoms with Gasteiger partial charge in [-0.15, -0.1) is 0 Å². The topological polar surface area (TPSA) is 272 Å². The molecule has 176 valence electrons. The van der Waals surface area contributed by atoms with Gasteiger partial charge in [0.15, 0.2) is 17.3 Å². The van der Waals surface area contributed by atoms with E-state index in [1.165, 1.54) is 0 Å². The van der Waals surface area contributed by atoms with Crippen molar-refractivity contribution in [1.82, 2.24) is 0 Å². The average Bonchev–Trinajstić information content (AvgIpc) is 2.74.